The number of carboxylic acids is 1. The molecule has 1 aromatic carbocycles. The lowest BCUT2D eigenvalue weighted by Gasteiger charge is -2.21. The highest BCUT2D eigenvalue weighted by molar-refractivity contribution is 5.68. The Morgan fingerprint density at radius 1 is 1.25 bits per heavy atom. The molecule has 0 spiro atoms. The van der Waals surface area contributed by atoms with Gasteiger partial charge in [-0.1, -0.05) is 6.07 Å². The number of aliphatic carboxylic acids is 1. The molecule has 0 aliphatic carbocycles. The van der Waals surface area contributed by atoms with Crippen molar-refractivity contribution in [2.75, 3.05) is 20.8 Å². The molecule has 0 saturated heterocycles. The summed E-state index contributed by atoms with van der Waals surface area (Å²) in [5.41, 5.74) is -0.267. The molecule has 1 rings (SSSR count). The van der Waals surface area contributed by atoms with Crippen molar-refractivity contribution in [2.45, 2.75) is 12.3 Å². The second-order valence-electron chi connectivity index (χ2n) is 3.74. The van der Waals surface area contributed by atoms with Crippen LogP contribution in [0.3, 0.4) is 0 Å². The summed E-state index contributed by atoms with van der Waals surface area (Å²) in [7, 11) is 2.63. The Hall–Kier alpha value is -1.96. The minimum Gasteiger partial charge on any atom is -0.493 e. The van der Waals surface area contributed by atoms with E-state index < -0.39 is 24.9 Å². The fraction of sp³-hybridized carbons (Fsp3) is 0.417. The number of carbonyl (C=O) groups is 1. The number of benzene rings is 1. The molecule has 1 aromatic rings. The quantitative estimate of drug-likeness (QED) is 0.872. The zero-order chi connectivity index (χ0) is 15.3. The van der Waals surface area contributed by atoms with E-state index in [4.69, 9.17) is 14.6 Å². The molecule has 1 N–H and O–H groups in total. The van der Waals surface area contributed by atoms with Gasteiger partial charge in [0.2, 0.25) is 0 Å². The number of hydrogen-bond donors (Lipinski definition) is 1. The third-order valence-corrected chi connectivity index (χ3v) is 2.38. The van der Waals surface area contributed by atoms with Crippen LogP contribution < -0.4 is 9.47 Å². The maximum absolute atomic E-state index is 12.9. The highest BCUT2D eigenvalue weighted by Gasteiger charge is 2.42. The first kappa shape index (κ1) is 16.1. The van der Waals surface area contributed by atoms with E-state index in [9.17, 15) is 18.0 Å². The van der Waals surface area contributed by atoms with Crippen LogP contribution in [-0.2, 0) is 9.53 Å². The smallest absolute Gasteiger partial charge is 0.418 e. The van der Waals surface area contributed by atoms with Gasteiger partial charge in [0, 0.05) is 0 Å². The van der Waals surface area contributed by atoms with E-state index in [2.05, 4.69) is 4.74 Å². The van der Waals surface area contributed by atoms with Gasteiger partial charge in [0.15, 0.2) is 17.6 Å². The second kappa shape index (κ2) is 6.47. The Balaban J connectivity index is 3.10. The van der Waals surface area contributed by atoms with Crippen molar-refractivity contribution in [3.8, 4) is 11.5 Å². The van der Waals surface area contributed by atoms with E-state index in [0.29, 0.717) is 0 Å². The molecular weight excluding hydrogens is 281 g/mol. The highest BCUT2D eigenvalue weighted by atomic mass is 19.4. The van der Waals surface area contributed by atoms with Gasteiger partial charge in [0.25, 0.3) is 0 Å². The summed E-state index contributed by atoms with van der Waals surface area (Å²) < 4.78 is 52.9. The lowest BCUT2D eigenvalue weighted by Crippen LogP contribution is -2.26. The Morgan fingerprint density at radius 3 is 2.30 bits per heavy atom. The Labute approximate surface area is 112 Å². The predicted molar refractivity (Wildman–Crippen MR) is 61.9 cm³/mol. The molecule has 8 heteroatoms. The van der Waals surface area contributed by atoms with Gasteiger partial charge in [-0.3, -0.25) is 0 Å². The molecule has 1 atom stereocenters. The highest BCUT2D eigenvalue weighted by Crippen LogP contribution is 2.39. The average Bonchev–Trinajstić information content (AvgIpc) is 2.36. The van der Waals surface area contributed by atoms with Crippen molar-refractivity contribution in [1.29, 1.82) is 0 Å². The summed E-state index contributed by atoms with van der Waals surface area (Å²) in [5, 5.41) is 8.42. The fourth-order valence-corrected chi connectivity index (χ4v) is 1.55. The molecule has 0 fully saturated rings. The van der Waals surface area contributed by atoms with Gasteiger partial charge >= 0.3 is 12.1 Å². The zero-order valence-electron chi connectivity index (χ0n) is 10.7. The van der Waals surface area contributed by atoms with Crippen LogP contribution in [0.4, 0.5) is 13.2 Å². The van der Waals surface area contributed by atoms with Crippen molar-refractivity contribution >= 4 is 5.97 Å². The molecule has 0 aliphatic rings. The summed E-state index contributed by atoms with van der Waals surface area (Å²) in [6.45, 7) is -1.06. The topological polar surface area (TPSA) is 65.0 Å². The maximum Gasteiger partial charge on any atom is 0.418 e. The Kier molecular flexibility index (Phi) is 5.20. The van der Waals surface area contributed by atoms with Gasteiger partial charge in [-0.15, -0.1) is 0 Å². The van der Waals surface area contributed by atoms with Gasteiger partial charge in [-0.25, -0.2) is 4.79 Å². The number of carboxylic acid groups (broad SMARTS) is 1. The van der Waals surface area contributed by atoms with Crippen LogP contribution in [0.15, 0.2) is 18.2 Å². The van der Waals surface area contributed by atoms with Crippen LogP contribution in [-0.4, -0.2) is 38.1 Å². The first-order chi connectivity index (χ1) is 9.29. The monoisotopic (exact) mass is 294 g/mol. The van der Waals surface area contributed by atoms with Crippen LogP contribution in [0, 0.1) is 0 Å². The van der Waals surface area contributed by atoms with Gasteiger partial charge in [0.05, 0.1) is 14.2 Å². The molecule has 0 bridgehead atoms. The molecule has 0 aromatic heterocycles. The van der Waals surface area contributed by atoms with Crippen LogP contribution >= 0.6 is 0 Å². The molecule has 0 radical (unpaired) electrons. The summed E-state index contributed by atoms with van der Waals surface area (Å²) >= 11 is 0. The first-order valence-electron chi connectivity index (χ1n) is 5.41. The van der Waals surface area contributed by atoms with E-state index in [0.717, 1.165) is 12.1 Å². The molecule has 0 amide bonds. The molecule has 0 saturated carbocycles. The van der Waals surface area contributed by atoms with Crippen LogP contribution in [0.25, 0.3) is 0 Å². The van der Waals surface area contributed by atoms with Gasteiger partial charge < -0.3 is 19.3 Å². The normalized spacial score (nSPS) is 12.8. The predicted octanol–water partition coefficient (Wildman–Crippen LogP) is 2.41. The third-order valence-electron chi connectivity index (χ3n) is 2.38. The zero-order valence-corrected chi connectivity index (χ0v) is 10.7. The van der Waals surface area contributed by atoms with E-state index in [1.807, 2.05) is 0 Å². The van der Waals surface area contributed by atoms with Gasteiger partial charge in [-0.2, -0.15) is 13.2 Å². The van der Waals surface area contributed by atoms with Crippen LogP contribution in [0.1, 0.15) is 11.7 Å². The standard InChI is InChI=1S/C12H13F3O5/c1-18-8-4-3-7(5-9(8)19-2)11(12(13,14)15)20-6-10(16)17/h3-5,11H,6H2,1-2H3,(H,16,17)/t11-/m1/s1. The van der Waals surface area contributed by atoms with Gasteiger partial charge in [0.1, 0.15) is 6.61 Å². The Morgan fingerprint density at radius 2 is 1.85 bits per heavy atom. The molecule has 0 heterocycles. The van der Waals surface area contributed by atoms with E-state index >= 15 is 0 Å². The molecule has 20 heavy (non-hydrogen) atoms. The summed E-state index contributed by atoms with van der Waals surface area (Å²) in [6.07, 6.45) is -7.09. The van der Waals surface area contributed by atoms with Crippen molar-refractivity contribution in [2.24, 2.45) is 0 Å². The lowest BCUT2D eigenvalue weighted by molar-refractivity contribution is -0.225. The van der Waals surface area contributed by atoms with E-state index in [1.165, 1.54) is 20.3 Å². The first-order valence-corrected chi connectivity index (χ1v) is 5.41. The lowest BCUT2D eigenvalue weighted by atomic mass is 10.1. The van der Waals surface area contributed by atoms with Crippen LogP contribution in [0.2, 0.25) is 0 Å². The van der Waals surface area contributed by atoms with Crippen molar-refractivity contribution in [3.05, 3.63) is 23.8 Å². The van der Waals surface area contributed by atoms with Crippen LogP contribution in [0.5, 0.6) is 11.5 Å². The molecule has 0 aliphatic heterocycles. The number of rotatable bonds is 6. The second-order valence-corrected chi connectivity index (χ2v) is 3.74. The SMILES string of the molecule is COc1ccc([C@@H](OCC(=O)O)C(F)(F)F)cc1OC. The fourth-order valence-electron chi connectivity index (χ4n) is 1.55. The van der Waals surface area contributed by atoms with Crippen molar-refractivity contribution in [3.63, 3.8) is 0 Å². The number of halogens is 3. The third kappa shape index (κ3) is 4.02. The minimum atomic E-state index is -4.74. The summed E-state index contributed by atoms with van der Waals surface area (Å²) in [5.74, 6) is -1.13. The van der Waals surface area contributed by atoms with E-state index in [-0.39, 0.29) is 17.1 Å². The van der Waals surface area contributed by atoms with Gasteiger partial charge in [-0.05, 0) is 17.7 Å². The Bertz CT molecular complexity index is 473. The molecule has 112 valence electrons. The molecular formula is C12H13F3O5. The minimum absolute atomic E-state index is 0.0955. The van der Waals surface area contributed by atoms with E-state index in [1.54, 1.807) is 0 Å². The number of alkyl halides is 3. The number of methoxy groups -OCH3 is 2. The summed E-state index contributed by atoms with van der Waals surface area (Å²) in [4.78, 5) is 10.3. The average molecular weight is 294 g/mol. The molecule has 5 nitrogen and oxygen atoms in total. The number of hydrogen-bond acceptors (Lipinski definition) is 4. The maximum atomic E-state index is 12.9. The molecule has 0 unspecified atom stereocenters. The number of ether oxygens (including phenoxy) is 3. The van der Waals surface area contributed by atoms with Crippen molar-refractivity contribution in [1.82, 2.24) is 0 Å². The van der Waals surface area contributed by atoms with Crippen molar-refractivity contribution < 1.29 is 37.3 Å². The summed E-state index contributed by atoms with van der Waals surface area (Å²) in [6, 6.07) is 3.53. The largest absolute Gasteiger partial charge is 0.493 e.